The molecule has 0 radical (unpaired) electrons. The fourth-order valence-corrected chi connectivity index (χ4v) is 3.95. The lowest BCUT2D eigenvalue weighted by atomic mass is 9.74. The van der Waals surface area contributed by atoms with Gasteiger partial charge in [0.25, 0.3) is 0 Å². The van der Waals surface area contributed by atoms with Crippen LogP contribution >= 0.6 is 11.6 Å². The second-order valence-electron chi connectivity index (χ2n) is 6.86. The van der Waals surface area contributed by atoms with E-state index in [0.717, 1.165) is 18.4 Å². The van der Waals surface area contributed by atoms with Crippen molar-refractivity contribution in [3.63, 3.8) is 0 Å². The highest BCUT2D eigenvalue weighted by Gasteiger charge is 2.48. The number of halogens is 1. The van der Waals surface area contributed by atoms with E-state index in [4.69, 9.17) is 21.1 Å². The molecule has 2 aromatic rings. The average Bonchev–Trinajstić information content (AvgIpc) is 2.74. The molecule has 0 N–H and O–H groups in total. The number of benzene rings is 1. The quantitative estimate of drug-likeness (QED) is 0.502. The molecular weight excluding hydrogens is 392 g/mol. The Morgan fingerprint density at radius 3 is 2.62 bits per heavy atom. The van der Waals surface area contributed by atoms with Gasteiger partial charge >= 0.3 is 6.09 Å². The molecule has 152 valence electrons. The van der Waals surface area contributed by atoms with Gasteiger partial charge in [-0.1, -0.05) is 36.4 Å². The number of carbonyl (C=O) groups excluding carboxylic acids is 2. The van der Waals surface area contributed by atoms with E-state index in [2.05, 4.69) is 11.6 Å². The number of Topliss-reactive ketones (excluding diaryl/α,β-unsaturated/α-hetero) is 1. The van der Waals surface area contributed by atoms with Crippen molar-refractivity contribution < 1.29 is 19.1 Å². The van der Waals surface area contributed by atoms with Crippen molar-refractivity contribution in [3.05, 3.63) is 71.5 Å². The lowest BCUT2D eigenvalue weighted by Gasteiger charge is -2.43. The molecule has 0 aliphatic heterocycles. The number of hydrogen-bond donors (Lipinski definition) is 0. The number of pyridine rings is 1. The van der Waals surface area contributed by atoms with Crippen LogP contribution in [0.3, 0.4) is 0 Å². The molecule has 1 aliphatic rings. The minimum Gasteiger partial charge on any atom is -0.457 e. The molecule has 1 unspecified atom stereocenters. The van der Waals surface area contributed by atoms with Crippen molar-refractivity contribution in [2.75, 3.05) is 13.8 Å². The van der Waals surface area contributed by atoms with Crippen molar-refractivity contribution in [1.29, 1.82) is 0 Å². The largest absolute Gasteiger partial charge is 0.457 e. The van der Waals surface area contributed by atoms with Gasteiger partial charge < -0.3 is 9.47 Å². The SMILES string of the molecule is C=C(OCOC(=O)N(C)C1(c2ccccc2Cl)CCCCC1=O)c1ccncc1. The van der Waals surface area contributed by atoms with Gasteiger partial charge in [-0.25, -0.2) is 4.79 Å². The Morgan fingerprint density at radius 1 is 1.21 bits per heavy atom. The van der Waals surface area contributed by atoms with Crippen molar-refractivity contribution in [1.82, 2.24) is 9.88 Å². The Kier molecular flexibility index (Phi) is 6.54. The van der Waals surface area contributed by atoms with E-state index >= 15 is 0 Å². The van der Waals surface area contributed by atoms with Gasteiger partial charge in [0.2, 0.25) is 6.79 Å². The maximum atomic E-state index is 13.0. The van der Waals surface area contributed by atoms with Gasteiger partial charge in [-0.15, -0.1) is 0 Å². The Balaban J connectivity index is 1.73. The van der Waals surface area contributed by atoms with E-state index in [0.29, 0.717) is 29.2 Å². The zero-order valence-corrected chi connectivity index (χ0v) is 17.0. The molecular formula is C22H23ClN2O4. The summed E-state index contributed by atoms with van der Waals surface area (Å²) in [7, 11) is 1.56. The lowest BCUT2D eigenvalue weighted by Crippen LogP contribution is -2.54. The van der Waals surface area contributed by atoms with Crippen LogP contribution < -0.4 is 0 Å². The van der Waals surface area contributed by atoms with Crippen molar-refractivity contribution >= 4 is 29.2 Å². The predicted molar refractivity (Wildman–Crippen MR) is 110 cm³/mol. The number of ketones is 1. The first kappa shape index (κ1) is 20.9. The average molecular weight is 415 g/mol. The third-order valence-electron chi connectivity index (χ3n) is 5.24. The standard InChI is InChI=1S/C22H23ClN2O4/c1-16(17-10-13-24-14-11-17)28-15-29-21(27)25(2)22(12-6-5-9-20(22)26)18-7-3-4-8-19(18)23/h3-4,7-8,10-11,13-14H,1,5-6,9,12,15H2,2H3. The summed E-state index contributed by atoms with van der Waals surface area (Å²) in [4.78, 5) is 31.1. The highest BCUT2D eigenvalue weighted by Crippen LogP contribution is 2.42. The Labute approximate surface area is 175 Å². The summed E-state index contributed by atoms with van der Waals surface area (Å²) in [6.07, 6.45) is 5.05. The molecule has 3 rings (SSSR count). The third kappa shape index (κ3) is 4.27. The van der Waals surface area contributed by atoms with Gasteiger partial charge in [0.15, 0.2) is 5.78 Å². The van der Waals surface area contributed by atoms with Crippen molar-refractivity contribution in [2.45, 2.75) is 31.2 Å². The number of carbonyl (C=O) groups is 2. The minimum absolute atomic E-state index is 0.0431. The molecule has 29 heavy (non-hydrogen) atoms. The summed E-state index contributed by atoms with van der Waals surface area (Å²) < 4.78 is 10.7. The first-order valence-corrected chi connectivity index (χ1v) is 9.75. The van der Waals surface area contributed by atoms with Gasteiger partial charge in [-0.3, -0.25) is 14.7 Å². The van der Waals surface area contributed by atoms with E-state index in [-0.39, 0.29) is 12.6 Å². The number of rotatable bonds is 6. The van der Waals surface area contributed by atoms with E-state index in [1.54, 1.807) is 49.8 Å². The second-order valence-corrected chi connectivity index (χ2v) is 7.27. The number of aromatic nitrogens is 1. The van der Waals surface area contributed by atoms with Gasteiger partial charge in [-0.05, 0) is 37.5 Å². The summed E-state index contributed by atoms with van der Waals surface area (Å²) >= 11 is 6.40. The molecule has 1 aromatic carbocycles. The van der Waals surface area contributed by atoms with E-state index in [9.17, 15) is 9.59 Å². The second kappa shape index (κ2) is 9.09. The summed E-state index contributed by atoms with van der Waals surface area (Å²) in [5.74, 6) is 0.316. The first-order chi connectivity index (χ1) is 14.0. The molecule has 1 heterocycles. The number of likely N-dealkylation sites (N-methyl/N-ethyl adjacent to an activating group) is 1. The van der Waals surface area contributed by atoms with Crippen LogP contribution in [-0.4, -0.2) is 35.6 Å². The van der Waals surface area contributed by atoms with Crippen LogP contribution in [-0.2, 0) is 19.8 Å². The molecule has 1 amide bonds. The van der Waals surface area contributed by atoms with E-state index in [1.807, 2.05) is 6.07 Å². The lowest BCUT2D eigenvalue weighted by molar-refractivity contribution is -0.133. The Morgan fingerprint density at radius 2 is 1.93 bits per heavy atom. The van der Waals surface area contributed by atoms with Crippen LogP contribution in [0.25, 0.3) is 5.76 Å². The third-order valence-corrected chi connectivity index (χ3v) is 5.57. The Bertz CT molecular complexity index is 903. The van der Waals surface area contributed by atoms with Crippen LogP contribution in [0.5, 0.6) is 0 Å². The number of ether oxygens (including phenoxy) is 2. The Hall–Kier alpha value is -2.86. The maximum Gasteiger partial charge on any atom is 0.413 e. The fourth-order valence-electron chi connectivity index (χ4n) is 3.65. The summed E-state index contributed by atoms with van der Waals surface area (Å²) in [5.41, 5.74) is 0.211. The van der Waals surface area contributed by atoms with Crippen LogP contribution in [0.1, 0.15) is 36.8 Å². The van der Waals surface area contributed by atoms with Gasteiger partial charge in [0.1, 0.15) is 11.3 Å². The molecule has 0 bridgehead atoms. The minimum atomic E-state index is -1.14. The van der Waals surface area contributed by atoms with Crippen molar-refractivity contribution in [2.24, 2.45) is 0 Å². The smallest absolute Gasteiger partial charge is 0.413 e. The summed E-state index contributed by atoms with van der Waals surface area (Å²) in [5, 5.41) is 0.449. The zero-order chi connectivity index (χ0) is 20.9. The van der Waals surface area contributed by atoms with Crippen LogP contribution in [0, 0.1) is 0 Å². The zero-order valence-electron chi connectivity index (χ0n) is 16.3. The van der Waals surface area contributed by atoms with Gasteiger partial charge in [0.05, 0.1) is 0 Å². The van der Waals surface area contributed by atoms with Gasteiger partial charge in [-0.2, -0.15) is 0 Å². The van der Waals surface area contributed by atoms with E-state index < -0.39 is 11.6 Å². The first-order valence-electron chi connectivity index (χ1n) is 9.38. The molecule has 1 aromatic heterocycles. The molecule has 6 nitrogen and oxygen atoms in total. The predicted octanol–water partition coefficient (Wildman–Crippen LogP) is 4.79. The molecule has 0 spiro atoms. The maximum absolute atomic E-state index is 13.0. The van der Waals surface area contributed by atoms with Crippen LogP contribution in [0.2, 0.25) is 5.02 Å². The van der Waals surface area contributed by atoms with Crippen molar-refractivity contribution in [3.8, 4) is 0 Å². The highest BCUT2D eigenvalue weighted by atomic mass is 35.5. The highest BCUT2D eigenvalue weighted by molar-refractivity contribution is 6.31. The van der Waals surface area contributed by atoms with Crippen LogP contribution in [0.15, 0.2) is 55.4 Å². The molecule has 1 fully saturated rings. The molecule has 1 saturated carbocycles. The number of hydrogen-bond acceptors (Lipinski definition) is 5. The van der Waals surface area contributed by atoms with Crippen LogP contribution in [0.4, 0.5) is 4.79 Å². The van der Waals surface area contributed by atoms with E-state index in [1.165, 1.54) is 4.90 Å². The molecule has 1 atom stereocenters. The fraction of sp³-hybridized carbons (Fsp3) is 0.318. The number of amides is 1. The van der Waals surface area contributed by atoms with Gasteiger partial charge in [0, 0.05) is 42.0 Å². The molecule has 0 saturated heterocycles. The molecule has 1 aliphatic carbocycles. The normalized spacial score (nSPS) is 18.8. The topological polar surface area (TPSA) is 68.7 Å². The molecule has 7 heteroatoms. The monoisotopic (exact) mass is 414 g/mol. The summed E-state index contributed by atoms with van der Waals surface area (Å²) in [6, 6.07) is 10.6. The number of nitrogens with zero attached hydrogens (tertiary/aromatic N) is 2. The summed E-state index contributed by atoms with van der Waals surface area (Å²) in [6.45, 7) is 3.49.